The number of rotatable bonds is 34. The first kappa shape index (κ1) is 97.8. The number of allylic oxidation sites excluding steroid dienone is 13. The van der Waals surface area contributed by atoms with Crippen LogP contribution in [-0.2, 0) is 4.79 Å². The second-order valence-electron chi connectivity index (χ2n) is 30.3. The van der Waals surface area contributed by atoms with Crippen molar-refractivity contribution in [2.24, 2.45) is 5.92 Å². The lowest BCUT2D eigenvalue weighted by molar-refractivity contribution is -0.108. The van der Waals surface area contributed by atoms with Gasteiger partial charge in [-0.2, -0.15) is 12.6 Å². The minimum Gasteiger partial charge on any atom is -0.303 e. The van der Waals surface area contributed by atoms with E-state index in [0.717, 1.165) is 122 Å². The van der Waals surface area contributed by atoms with Crippen LogP contribution in [0.15, 0.2) is 93.0 Å². The summed E-state index contributed by atoms with van der Waals surface area (Å²) in [5.74, 6) is 0.351. The lowest BCUT2D eigenvalue weighted by atomic mass is 9.87. The van der Waals surface area contributed by atoms with Gasteiger partial charge in [-0.3, -0.25) is 0 Å². The van der Waals surface area contributed by atoms with Crippen LogP contribution in [-0.4, -0.2) is 73.6 Å². The van der Waals surface area contributed by atoms with Crippen molar-refractivity contribution < 1.29 is 4.79 Å². The monoisotopic (exact) mass is 1770 g/mol. The summed E-state index contributed by atoms with van der Waals surface area (Å²) >= 11 is 5.34. The maximum absolute atomic E-state index is 12.1. The Balaban J connectivity index is 2.12. The van der Waals surface area contributed by atoms with E-state index in [4.69, 9.17) is 12.6 Å². The molecular weight excluding hydrogens is 1640 g/mol. The van der Waals surface area contributed by atoms with Gasteiger partial charge in [0.15, 0.2) is 0 Å². The highest BCUT2D eigenvalue weighted by Gasteiger charge is 2.40. The van der Waals surface area contributed by atoms with E-state index in [1.165, 1.54) is 33.4 Å². The SMILES string of the molecule is CC(C)=CCCC(C)(S)CC(SSSC1(C)/C=C\SSC2CC(C)(CCC=C(C)C)SSSC(C)(CC3SSSC(CC(C)(CCC=C(C)C)SSC(C)(CC=O)CCC=C(C)C)SS3)CC/C=C(\C)C(SSC(C)C)CC(C)(CC/C=C(\C)C(C=C(C)C)C1)SSS2)SSC(C)C. The molecule has 0 aliphatic carbocycles. The second-order valence-corrected chi connectivity index (χ2v) is 66.0. The number of aldehydes is 1. The van der Waals surface area contributed by atoms with E-state index in [2.05, 4.69) is 405 Å². The molecule has 3 aliphatic rings. The molecular formula is C74H126OS23. The third kappa shape index (κ3) is 44.8. The molecule has 566 valence electrons. The van der Waals surface area contributed by atoms with E-state index in [0.29, 0.717) is 46.4 Å². The number of hydrogen-bond donors (Lipinski definition) is 1. The molecule has 0 aromatic heterocycles. The van der Waals surface area contributed by atoms with Crippen LogP contribution in [0.25, 0.3) is 0 Å². The van der Waals surface area contributed by atoms with E-state index >= 15 is 0 Å². The Kier molecular flexibility index (Phi) is 51.3. The maximum Gasteiger partial charge on any atom is 0.121 e. The van der Waals surface area contributed by atoms with Gasteiger partial charge in [0, 0.05) is 55.4 Å². The molecule has 0 saturated carbocycles. The van der Waals surface area contributed by atoms with Crippen LogP contribution in [0, 0.1) is 5.92 Å². The van der Waals surface area contributed by atoms with Crippen molar-refractivity contribution in [3.8, 4) is 0 Å². The predicted octanol–water partition coefficient (Wildman–Crippen LogP) is 35.2. The Bertz CT molecular complexity index is 2550. The van der Waals surface area contributed by atoms with Crippen molar-refractivity contribution in [3.05, 3.63) is 93.0 Å². The van der Waals surface area contributed by atoms with Gasteiger partial charge in [0.25, 0.3) is 0 Å². The summed E-state index contributed by atoms with van der Waals surface area (Å²) in [4.78, 5) is 12.1. The summed E-state index contributed by atoms with van der Waals surface area (Å²) in [5.41, 5.74) is 10.0. The molecule has 0 N–H and O–H groups in total. The molecule has 3 heterocycles. The van der Waals surface area contributed by atoms with Crippen LogP contribution in [0.5, 0.6) is 0 Å². The minimum absolute atomic E-state index is 0.0349. The molecule has 3 aliphatic heterocycles. The lowest BCUT2D eigenvalue weighted by Crippen LogP contribution is -2.26. The third-order valence-corrected chi connectivity index (χ3v) is 57.4. The topological polar surface area (TPSA) is 17.1 Å². The molecule has 13 atom stereocenters. The van der Waals surface area contributed by atoms with Crippen LogP contribution in [0.2, 0.25) is 0 Å². The Morgan fingerprint density at radius 3 is 1.83 bits per heavy atom. The van der Waals surface area contributed by atoms with E-state index in [1.807, 2.05) is 42.2 Å². The highest BCUT2D eigenvalue weighted by Crippen LogP contribution is 2.65. The Labute approximate surface area is 695 Å². The average Bonchev–Trinajstić information content (AvgIpc) is 1.22. The number of carbonyl (C=O) groups excluding carboxylic acids is 1. The predicted molar refractivity (Wildman–Crippen MR) is 515 cm³/mol. The molecule has 98 heavy (non-hydrogen) atoms. The zero-order valence-corrected chi connectivity index (χ0v) is 82.5. The molecule has 3 rings (SSSR count). The van der Waals surface area contributed by atoms with Crippen molar-refractivity contribution in [3.63, 3.8) is 0 Å². The maximum atomic E-state index is 12.1. The fourth-order valence-electron chi connectivity index (χ4n) is 10.6. The van der Waals surface area contributed by atoms with Gasteiger partial charge in [0.1, 0.15) is 6.29 Å². The standard InChI is InChI=1S/C74H126OS23/c1-53(2)30-24-36-68(17,76)49-64(82-79-59(13)14)87-96-92-74(23)43-45-77-81-65-50-72(21,39-27-33-56(7)8)93-98-94-73(22,41-29-35-61(16)63(80-78-58(11)12)48-70(19,91-97-88-65)40-28-34-60(15)62(47-74)46-57(9)10)52-67-84-83-66(85-95-86-67)51-71(20,38-26-32-55(5)6)90-89-69(18,42-44-75)37-25-31-54(3)4/h30-35,43-46,58-59,62-67,76H,24-29,36-42,47-52H2,1-23H3/b45-43-,60-34+,61-35+. The molecule has 0 amide bonds. The number of hydrogen-bond acceptors (Lipinski definition) is 24. The van der Waals surface area contributed by atoms with E-state index in [1.54, 1.807) is 5.57 Å². The fourth-order valence-corrected chi connectivity index (χ4v) is 55.5. The minimum atomic E-state index is -0.0998. The van der Waals surface area contributed by atoms with E-state index < -0.39 is 0 Å². The van der Waals surface area contributed by atoms with Crippen molar-refractivity contribution in [1.29, 1.82) is 0 Å². The molecule has 0 spiro atoms. The fraction of sp³-hybridized carbons (Fsp3) is 0.770. The van der Waals surface area contributed by atoms with Gasteiger partial charge in [0.05, 0.1) is 18.3 Å². The Morgan fingerprint density at radius 1 is 0.612 bits per heavy atom. The highest BCUT2D eigenvalue weighted by atomic mass is 33.5. The number of fused-ring (bicyclic) bond motifs is 4. The largest absolute Gasteiger partial charge is 0.303 e. The first-order valence-corrected chi connectivity index (χ1v) is 60.8. The van der Waals surface area contributed by atoms with Crippen LogP contribution in [0.4, 0.5) is 0 Å². The lowest BCUT2D eigenvalue weighted by Gasteiger charge is -2.35. The number of carbonyl (C=O) groups is 1. The third-order valence-electron chi connectivity index (χ3n) is 16.6. The molecule has 2 bridgehead atoms. The van der Waals surface area contributed by atoms with Gasteiger partial charge in [0.2, 0.25) is 0 Å². The van der Waals surface area contributed by atoms with Crippen LogP contribution >= 0.6 is 246 Å². The normalized spacial score (nSPS) is 29.8. The summed E-state index contributed by atoms with van der Waals surface area (Å²) in [6.07, 6.45) is 41.8. The van der Waals surface area contributed by atoms with Crippen molar-refractivity contribution in [2.75, 3.05) is 0 Å². The van der Waals surface area contributed by atoms with Crippen LogP contribution < -0.4 is 0 Å². The zero-order chi connectivity index (χ0) is 73.2. The van der Waals surface area contributed by atoms with Crippen molar-refractivity contribution in [2.45, 2.75) is 349 Å². The Morgan fingerprint density at radius 2 is 1.19 bits per heavy atom. The van der Waals surface area contributed by atoms with E-state index in [-0.39, 0.29) is 33.2 Å². The highest BCUT2D eigenvalue weighted by molar-refractivity contribution is 9.13. The average molecular weight is 1770 g/mol. The summed E-state index contributed by atoms with van der Waals surface area (Å²) in [6, 6.07) is 0. The molecule has 24 heteroatoms. The summed E-state index contributed by atoms with van der Waals surface area (Å²) < 4.78 is 1.84. The van der Waals surface area contributed by atoms with Gasteiger partial charge in [-0.15, -0.1) is 0 Å². The van der Waals surface area contributed by atoms with Gasteiger partial charge >= 0.3 is 0 Å². The van der Waals surface area contributed by atoms with Gasteiger partial charge in [-0.1, -0.05) is 317 Å². The molecule has 1 saturated heterocycles. The summed E-state index contributed by atoms with van der Waals surface area (Å²) in [7, 11) is 46.3. The van der Waals surface area contributed by atoms with Gasteiger partial charge < -0.3 is 4.79 Å². The van der Waals surface area contributed by atoms with Gasteiger partial charge in [-0.05, 0) is 291 Å². The molecule has 0 radical (unpaired) electrons. The van der Waals surface area contributed by atoms with Crippen LogP contribution in [0.1, 0.15) is 281 Å². The van der Waals surface area contributed by atoms with Crippen molar-refractivity contribution in [1.82, 2.24) is 0 Å². The first-order valence-electron chi connectivity index (χ1n) is 34.9. The Hall–Kier alpha value is 5.64. The number of thiol groups is 1. The first-order chi connectivity index (χ1) is 45.9. The quantitative estimate of drug-likeness (QED) is 0.0216. The molecule has 13 unspecified atom stereocenters. The van der Waals surface area contributed by atoms with Crippen LogP contribution in [0.3, 0.4) is 0 Å². The van der Waals surface area contributed by atoms with Crippen molar-refractivity contribution >= 4 is 253 Å². The summed E-state index contributed by atoms with van der Waals surface area (Å²) in [5, 5.41) is 4.05. The molecule has 0 aromatic carbocycles. The smallest absolute Gasteiger partial charge is 0.121 e. The summed E-state index contributed by atoms with van der Waals surface area (Å²) in [6.45, 7) is 54.3. The van der Waals surface area contributed by atoms with Gasteiger partial charge in [-0.25, -0.2) is 0 Å². The molecule has 1 fully saturated rings. The molecule has 0 aromatic rings. The molecule has 1 nitrogen and oxygen atoms in total. The zero-order valence-electron chi connectivity index (χ0n) is 63.7. The second kappa shape index (κ2) is 51.4. The van der Waals surface area contributed by atoms with E-state index in [9.17, 15) is 4.79 Å².